The minimum Gasteiger partial charge on any atom is -0.381 e. The van der Waals surface area contributed by atoms with Crippen molar-refractivity contribution in [2.24, 2.45) is 22.9 Å². The topological polar surface area (TPSA) is 103 Å². The number of nitrogens with zero attached hydrogens (tertiary/aromatic N) is 4. The van der Waals surface area contributed by atoms with Crippen molar-refractivity contribution in [3.05, 3.63) is 41.1 Å². The lowest BCUT2D eigenvalue weighted by Gasteiger charge is -2.33. The smallest absolute Gasteiger partial charge is 0.269 e. The van der Waals surface area contributed by atoms with Crippen LogP contribution in [0.5, 0.6) is 0 Å². The Morgan fingerprint density at radius 1 is 1.27 bits per heavy atom. The van der Waals surface area contributed by atoms with Gasteiger partial charge < -0.3 is 19.9 Å². The van der Waals surface area contributed by atoms with Crippen molar-refractivity contribution in [2.75, 3.05) is 33.9 Å². The second-order valence-electron chi connectivity index (χ2n) is 11.3. The summed E-state index contributed by atoms with van der Waals surface area (Å²) in [6.07, 6.45) is 6.26. The fourth-order valence-corrected chi connectivity index (χ4v) is 6.17. The monoisotopic (exact) mass is 554 g/mol. The number of H-pyrrole nitrogens is 1. The van der Waals surface area contributed by atoms with Crippen LogP contribution in [0, 0.1) is 23.6 Å². The van der Waals surface area contributed by atoms with Crippen molar-refractivity contribution in [1.29, 1.82) is 0 Å². The molecule has 3 atom stereocenters. The molecule has 1 aromatic heterocycles. The van der Waals surface area contributed by atoms with E-state index in [-0.39, 0.29) is 35.8 Å². The van der Waals surface area contributed by atoms with Gasteiger partial charge in [-0.15, -0.1) is 0 Å². The maximum atomic E-state index is 16.1. The molecule has 2 fully saturated rings. The number of carbonyl (C=O) groups excluding carboxylic acids is 2. The van der Waals surface area contributed by atoms with Crippen LogP contribution in [0.25, 0.3) is 11.0 Å². The first-order valence-electron chi connectivity index (χ1n) is 14.4. The lowest BCUT2D eigenvalue weighted by atomic mass is 9.79. The third kappa shape index (κ3) is 6.06. The van der Waals surface area contributed by atoms with Gasteiger partial charge in [0.05, 0.1) is 18.2 Å². The van der Waals surface area contributed by atoms with Crippen molar-refractivity contribution in [1.82, 2.24) is 25.2 Å². The number of aromatic nitrogens is 2. The Morgan fingerprint density at radius 3 is 2.62 bits per heavy atom. The van der Waals surface area contributed by atoms with Crippen molar-refractivity contribution in [3.63, 3.8) is 0 Å². The Morgan fingerprint density at radius 2 is 2.00 bits per heavy atom. The molecule has 1 saturated heterocycles. The molecule has 0 bridgehead atoms. The molecule has 1 aliphatic carbocycles. The number of rotatable bonds is 9. The molecule has 218 valence electrons. The van der Waals surface area contributed by atoms with Gasteiger partial charge in [0.25, 0.3) is 5.91 Å². The lowest BCUT2D eigenvalue weighted by Crippen LogP contribution is -2.39. The Hall–Kier alpha value is -3.27. The average Bonchev–Trinajstić information content (AvgIpc) is 3.40. The van der Waals surface area contributed by atoms with Crippen molar-refractivity contribution < 1.29 is 18.7 Å². The number of amides is 2. The fraction of sp³-hybridized carbons (Fsp3) is 0.600. The Kier molecular flexibility index (Phi) is 9.60. The Labute approximate surface area is 236 Å². The van der Waals surface area contributed by atoms with Crippen molar-refractivity contribution in [3.8, 4) is 0 Å². The molecule has 2 amide bonds. The number of carbonyl (C=O) groups is 2. The molecule has 40 heavy (non-hydrogen) atoms. The minimum absolute atomic E-state index is 0.0280. The average molecular weight is 555 g/mol. The van der Waals surface area contributed by atoms with Gasteiger partial charge in [0.15, 0.2) is 5.82 Å². The van der Waals surface area contributed by atoms with Crippen LogP contribution in [0.4, 0.5) is 4.39 Å². The van der Waals surface area contributed by atoms with E-state index >= 15 is 4.39 Å². The number of hydrogen-bond donors (Lipinski definition) is 2. The van der Waals surface area contributed by atoms with Gasteiger partial charge in [0.2, 0.25) is 5.91 Å². The van der Waals surface area contributed by atoms with Crippen LogP contribution in [0.3, 0.4) is 0 Å². The summed E-state index contributed by atoms with van der Waals surface area (Å²) >= 11 is 0. The second kappa shape index (κ2) is 12.9. The molecule has 2 aromatic rings. The highest BCUT2D eigenvalue weighted by Crippen LogP contribution is 2.39. The van der Waals surface area contributed by atoms with Crippen LogP contribution in [0.2, 0.25) is 0 Å². The van der Waals surface area contributed by atoms with E-state index < -0.39 is 17.8 Å². The summed E-state index contributed by atoms with van der Waals surface area (Å²) in [4.78, 5) is 35.9. The molecule has 9 nitrogen and oxygen atoms in total. The van der Waals surface area contributed by atoms with E-state index in [2.05, 4.69) is 29.0 Å². The predicted octanol–water partition coefficient (Wildman–Crippen LogP) is 4.74. The Balaban J connectivity index is 1.70. The quantitative estimate of drug-likeness (QED) is 0.265. The van der Waals surface area contributed by atoms with Gasteiger partial charge in [-0.05, 0) is 56.6 Å². The van der Waals surface area contributed by atoms with E-state index in [1.807, 2.05) is 13.0 Å². The van der Waals surface area contributed by atoms with E-state index in [1.54, 1.807) is 43.1 Å². The Bertz CT molecular complexity index is 1250. The standard InChI is InChI=1S/C30H43FN6O3/c1-7-24(37(8-2)32-4)29(38)35-26(19-11-9-18(3)10-12-19)28-33-23-14-13-20(25(31)27(23)34-28)22-17-40-16-15-21(22)30(39)36(5)6/h7,13-14,18-19,21-22,26H,4,8-12,15-17H2,1-3,5-6H3,(H,33,34)(H,35,38)/b24-7-/t18?,19?,21?,22?,26-/m0/s1. The summed E-state index contributed by atoms with van der Waals surface area (Å²) in [5.74, 6) is -0.184. The summed E-state index contributed by atoms with van der Waals surface area (Å²) in [6, 6.07) is 3.13. The first kappa shape index (κ1) is 29.7. The van der Waals surface area contributed by atoms with Crippen LogP contribution in [0.1, 0.15) is 76.2 Å². The van der Waals surface area contributed by atoms with E-state index in [1.165, 1.54) is 0 Å². The summed E-state index contributed by atoms with van der Waals surface area (Å²) in [6.45, 7) is 10.8. The van der Waals surface area contributed by atoms with Crippen LogP contribution in [-0.2, 0) is 14.3 Å². The molecule has 0 radical (unpaired) electrons. The summed E-state index contributed by atoms with van der Waals surface area (Å²) in [5, 5.41) is 8.72. The number of hydrogen-bond acceptors (Lipinski definition) is 6. The zero-order valence-electron chi connectivity index (χ0n) is 24.4. The first-order valence-corrected chi connectivity index (χ1v) is 14.4. The lowest BCUT2D eigenvalue weighted by molar-refractivity contribution is -0.137. The number of allylic oxidation sites excluding steroid dienone is 1. The van der Waals surface area contributed by atoms with Crippen molar-refractivity contribution >= 4 is 29.6 Å². The third-order valence-electron chi connectivity index (χ3n) is 8.52. The van der Waals surface area contributed by atoms with Gasteiger partial charge >= 0.3 is 0 Å². The molecule has 0 spiro atoms. The highest BCUT2D eigenvalue weighted by molar-refractivity contribution is 5.93. The van der Waals surface area contributed by atoms with E-state index in [0.29, 0.717) is 48.1 Å². The summed E-state index contributed by atoms with van der Waals surface area (Å²) < 4.78 is 21.8. The number of hydrazone groups is 1. The minimum atomic E-state index is -0.448. The van der Waals surface area contributed by atoms with Gasteiger partial charge in [-0.2, -0.15) is 5.10 Å². The molecule has 2 aliphatic rings. The van der Waals surface area contributed by atoms with E-state index in [9.17, 15) is 9.59 Å². The number of aromatic amines is 1. The molecule has 10 heteroatoms. The summed E-state index contributed by atoms with van der Waals surface area (Å²) in [5.41, 5.74) is 1.61. The first-order chi connectivity index (χ1) is 19.2. The normalized spacial score (nSPS) is 24.4. The molecule has 2 heterocycles. The van der Waals surface area contributed by atoms with Crippen LogP contribution >= 0.6 is 0 Å². The fourth-order valence-electron chi connectivity index (χ4n) is 6.17. The highest BCUT2D eigenvalue weighted by Gasteiger charge is 2.37. The number of ether oxygens (including phenoxy) is 1. The molecular weight excluding hydrogens is 511 g/mol. The van der Waals surface area contributed by atoms with Gasteiger partial charge in [0, 0.05) is 45.8 Å². The van der Waals surface area contributed by atoms with Crippen LogP contribution < -0.4 is 5.32 Å². The number of fused-ring (bicyclic) bond motifs is 1. The van der Waals surface area contributed by atoms with Crippen LogP contribution in [0.15, 0.2) is 29.0 Å². The van der Waals surface area contributed by atoms with Gasteiger partial charge in [-0.1, -0.05) is 31.9 Å². The van der Waals surface area contributed by atoms with Crippen LogP contribution in [-0.4, -0.2) is 72.3 Å². The zero-order valence-corrected chi connectivity index (χ0v) is 24.4. The number of halogens is 1. The number of likely N-dealkylation sites (N-methyl/N-ethyl adjacent to an activating group) is 1. The third-order valence-corrected chi connectivity index (χ3v) is 8.52. The zero-order chi connectivity index (χ0) is 29.0. The van der Waals surface area contributed by atoms with E-state index in [0.717, 1.165) is 25.7 Å². The van der Waals surface area contributed by atoms with Gasteiger partial charge in [-0.25, -0.2) is 9.37 Å². The molecule has 2 N–H and O–H groups in total. The predicted molar refractivity (Wildman–Crippen MR) is 154 cm³/mol. The molecule has 1 aliphatic heterocycles. The SMILES string of the molecule is C=NN(CC)/C(=C\C)C(=O)N[C@H](c1nc2c(F)c(C3COCCC3C(=O)N(C)C)ccc2[nH]1)C1CCC(C)CC1. The second-order valence-corrected chi connectivity index (χ2v) is 11.3. The number of benzene rings is 1. The molecular formula is C30H43FN6O3. The van der Waals surface area contributed by atoms with Crippen molar-refractivity contribution in [2.45, 2.75) is 64.8 Å². The summed E-state index contributed by atoms with van der Waals surface area (Å²) in [7, 11) is 3.44. The highest BCUT2D eigenvalue weighted by atomic mass is 19.1. The maximum absolute atomic E-state index is 16.1. The number of imidazole rings is 1. The number of nitrogens with one attached hydrogen (secondary N) is 2. The molecule has 2 unspecified atom stereocenters. The molecule has 1 aromatic carbocycles. The van der Waals surface area contributed by atoms with Gasteiger partial charge in [-0.3, -0.25) is 14.6 Å². The van der Waals surface area contributed by atoms with Gasteiger partial charge in [0.1, 0.15) is 17.0 Å². The maximum Gasteiger partial charge on any atom is 0.269 e. The largest absolute Gasteiger partial charge is 0.381 e. The molecule has 4 rings (SSSR count). The molecule has 1 saturated carbocycles. The van der Waals surface area contributed by atoms with E-state index in [4.69, 9.17) is 9.72 Å².